The number of carbonyl (C=O) groups is 2. The van der Waals surface area contributed by atoms with E-state index in [4.69, 9.17) is 4.74 Å². The van der Waals surface area contributed by atoms with Gasteiger partial charge in [0, 0.05) is 0 Å². The van der Waals surface area contributed by atoms with Crippen molar-refractivity contribution >= 4 is 18.1 Å². The summed E-state index contributed by atoms with van der Waals surface area (Å²) in [4.78, 5) is 22.9. The number of hydrogen-bond donors (Lipinski definition) is 1. The number of hydrogen-bond acceptors (Lipinski definition) is 5. The first-order valence-corrected chi connectivity index (χ1v) is 6.87. The zero-order valence-corrected chi connectivity index (χ0v) is 12.6. The number of carbonyl (C=O) groups excluding carboxylic acids is 2. The van der Waals surface area contributed by atoms with E-state index < -0.39 is 5.97 Å². The monoisotopic (exact) mass is 312 g/mol. The Morgan fingerprint density at radius 2 is 1.78 bits per heavy atom. The summed E-state index contributed by atoms with van der Waals surface area (Å²) in [5, 5.41) is 3.83. The third-order valence-corrected chi connectivity index (χ3v) is 2.85. The van der Waals surface area contributed by atoms with E-state index in [2.05, 4.69) is 15.3 Å². The first-order valence-electron chi connectivity index (χ1n) is 6.87. The van der Waals surface area contributed by atoms with Gasteiger partial charge in [0.25, 0.3) is 5.91 Å². The topological polar surface area (TPSA) is 77.0 Å². The molecule has 0 spiro atoms. The van der Waals surface area contributed by atoms with Crippen LogP contribution in [0.1, 0.15) is 15.9 Å². The molecule has 0 saturated carbocycles. The molecule has 1 N–H and O–H groups in total. The van der Waals surface area contributed by atoms with E-state index in [0.717, 1.165) is 5.56 Å². The lowest BCUT2D eigenvalue weighted by atomic mass is 10.1. The third kappa shape index (κ3) is 5.28. The summed E-state index contributed by atoms with van der Waals surface area (Å²) >= 11 is 0. The molecule has 118 valence electrons. The van der Waals surface area contributed by atoms with Gasteiger partial charge in [-0.15, -0.1) is 0 Å². The number of esters is 1. The number of hydrazone groups is 1. The number of ether oxygens (including phenoxy) is 2. The molecular formula is C17H16N2O4. The van der Waals surface area contributed by atoms with Crippen molar-refractivity contribution in [3.8, 4) is 5.75 Å². The lowest BCUT2D eigenvalue weighted by Gasteiger charge is -2.04. The number of benzene rings is 2. The Balaban J connectivity index is 1.79. The lowest BCUT2D eigenvalue weighted by molar-refractivity contribution is -0.123. The van der Waals surface area contributed by atoms with Crippen LogP contribution in [0.5, 0.6) is 5.75 Å². The van der Waals surface area contributed by atoms with Crippen molar-refractivity contribution in [1.29, 1.82) is 0 Å². The fourth-order valence-corrected chi connectivity index (χ4v) is 1.70. The number of nitrogens with one attached hydrogen (secondary N) is 1. The molecule has 1 amide bonds. The van der Waals surface area contributed by atoms with Gasteiger partial charge in [-0.25, -0.2) is 10.2 Å². The molecule has 2 aromatic rings. The minimum atomic E-state index is -0.403. The smallest absolute Gasteiger partial charge is 0.337 e. The van der Waals surface area contributed by atoms with Crippen LogP contribution in [0.4, 0.5) is 0 Å². The van der Waals surface area contributed by atoms with E-state index in [1.807, 2.05) is 18.2 Å². The maximum atomic E-state index is 11.6. The maximum Gasteiger partial charge on any atom is 0.337 e. The molecule has 23 heavy (non-hydrogen) atoms. The molecule has 0 heterocycles. The van der Waals surface area contributed by atoms with Gasteiger partial charge in [0.2, 0.25) is 0 Å². The second-order valence-electron chi connectivity index (χ2n) is 4.51. The second-order valence-corrected chi connectivity index (χ2v) is 4.51. The van der Waals surface area contributed by atoms with Crippen molar-refractivity contribution in [2.45, 2.75) is 0 Å². The molecule has 0 aromatic heterocycles. The van der Waals surface area contributed by atoms with Crippen LogP contribution in [-0.4, -0.2) is 31.8 Å². The first kappa shape index (κ1) is 16.2. The molecule has 2 rings (SSSR count). The van der Waals surface area contributed by atoms with Crippen LogP contribution in [0.25, 0.3) is 0 Å². The van der Waals surface area contributed by atoms with Crippen molar-refractivity contribution in [2.24, 2.45) is 5.10 Å². The van der Waals surface area contributed by atoms with Gasteiger partial charge in [0.05, 0.1) is 18.9 Å². The number of nitrogens with zero attached hydrogens (tertiary/aromatic N) is 1. The lowest BCUT2D eigenvalue weighted by Crippen LogP contribution is -2.24. The minimum Gasteiger partial charge on any atom is -0.484 e. The van der Waals surface area contributed by atoms with Gasteiger partial charge in [0.1, 0.15) is 5.75 Å². The van der Waals surface area contributed by atoms with Gasteiger partial charge in [-0.2, -0.15) is 5.10 Å². The molecule has 0 saturated heterocycles. The summed E-state index contributed by atoms with van der Waals surface area (Å²) in [6.07, 6.45) is 1.47. The van der Waals surface area contributed by atoms with Crippen molar-refractivity contribution < 1.29 is 19.1 Å². The molecule has 0 fully saturated rings. The molecule has 0 unspecified atom stereocenters. The van der Waals surface area contributed by atoms with E-state index in [1.165, 1.54) is 13.3 Å². The maximum absolute atomic E-state index is 11.6. The number of rotatable bonds is 6. The molecule has 6 nitrogen and oxygen atoms in total. The molecule has 2 aromatic carbocycles. The molecule has 0 atom stereocenters. The molecule has 6 heteroatoms. The fraction of sp³-hybridized carbons (Fsp3) is 0.118. The van der Waals surface area contributed by atoms with Crippen molar-refractivity contribution in [3.63, 3.8) is 0 Å². The highest BCUT2D eigenvalue weighted by molar-refractivity contribution is 5.90. The Kier molecular flexibility index (Phi) is 5.88. The summed E-state index contributed by atoms with van der Waals surface area (Å²) in [5.74, 6) is -0.152. The standard InChI is InChI=1S/C17H16N2O4/c1-22-17(21)14-9-7-13(8-10-14)11-18-19-16(20)12-23-15-5-3-2-4-6-15/h2-11H,12H2,1H3,(H,19,20)/b18-11-. The van der Waals surface area contributed by atoms with E-state index >= 15 is 0 Å². The van der Waals surface area contributed by atoms with Crippen LogP contribution < -0.4 is 10.2 Å². The normalized spacial score (nSPS) is 10.3. The van der Waals surface area contributed by atoms with Crippen LogP contribution >= 0.6 is 0 Å². The Labute approximate surface area is 133 Å². The molecule has 0 aliphatic rings. The second kappa shape index (κ2) is 8.33. The van der Waals surface area contributed by atoms with Gasteiger partial charge in [-0.1, -0.05) is 30.3 Å². The Hall–Kier alpha value is -3.15. The zero-order valence-electron chi connectivity index (χ0n) is 12.6. The van der Waals surface area contributed by atoms with E-state index in [9.17, 15) is 9.59 Å². The van der Waals surface area contributed by atoms with Crippen molar-refractivity contribution in [3.05, 3.63) is 65.7 Å². The Morgan fingerprint density at radius 1 is 1.09 bits per heavy atom. The molecule has 0 radical (unpaired) electrons. The van der Waals surface area contributed by atoms with E-state index in [1.54, 1.807) is 36.4 Å². The summed E-state index contributed by atoms with van der Waals surface area (Å²) in [5.41, 5.74) is 3.55. The third-order valence-electron chi connectivity index (χ3n) is 2.85. The molecular weight excluding hydrogens is 296 g/mol. The first-order chi connectivity index (χ1) is 11.2. The highest BCUT2D eigenvalue weighted by atomic mass is 16.5. The zero-order chi connectivity index (χ0) is 16.5. The van der Waals surface area contributed by atoms with Gasteiger partial charge >= 0.3 is 5.97 Å². The number of para-hydroxylation sites is 1. The summed E-state index contributed by atoms with van der Waals surface area (Å²) in [6, 6.07) is 15.7. The summed E-state index contributed by atoms with van der Waals surface area (Å²) < 4.78 is 9.90. The van der Waals surface area contributed by atoms with Crippen LogP contribution in [0.2, 0.25) is 0 Å². The van der Waals surface area contributed by atoms with E-state index in [-0.39, 0.29) is 12.5 Å². The van der Waals surface area contributed by atoms with Crippen molar-refractivity contribution in [1.82, 2.24) is 5.43 Å². The number of amides is 1. The molecule has 0 aliphatic heterocycles. The van der Waals surface area contributed by atoms with Crippen LogP contribution in [0.3, 0.4) is 0 Å². The summed E-state index contributed by atoms with van der Waals surface area (Å²) in [7, 11) is 1.32. The van der Waals surface area contributed by atoms with Gasteiger partial charge < -0.3 is 9.47 Å². The predicted octanol–water partition coefficient (Wildman–Crippen LogP) is 2.00. The van der Waals surface area contributed by atoms with Crippen LogP contribution in [0.15, 0.2) is 59.7 Å². The highest BCUT2D eigenvalue weighted by Gasteiger charge is 2.03. The van der Waals surface area contributed by atoms with Crippen LogP contribution in [0, 0.1) is 0 Å². The van der Waals surface area contributed by atoms with Gasteiger partial charge in [0.15, 0.2) is 6.61 Å². The molecule has 0 bridgehead atoms. The molecule has 0 aliphatic carbocycles. The number of methoxy groups -OCH3 is 1. The quantitative estimate of drug-likeness (QED) is 0.503. The average Bonchev–Trinajstić information content (AvgIpc) is 2.61. The van der Waals surface area contributed by atoms with Gasteiger partial charge in [-0.3, -0.25) is 4.79 Å². The Morgan fingerprint density at radius 3 is 2.43 bits per heavy atom. The van der Waals surface area contributed by atoms with Gasteiger partial charge in [-0.05, 0) is 29.8 Å². The van der Waals surface area contributed by atoms with E-state index in [0.29, 0.717) is 11.3 Å². The largest absolute Gasteiger partial charge is 0.484 e. The predicted molar refractivity (Wildman–Crippen MR) is 85.5 cm³/mol. The average molecular weight is 312 g/mol. The summed E-state index contributed by atoms with van der Waals surface area (Å²) in [6.45, 7) is -0.122. The van der Waals surface area contributed by atoms with Crippen molar-refractivity contribution in [2.75, 3.05) is 13.7 Å². The Bertz CT molecular complexity index is 681. The highest BCUT2D eigenvalue weighted by Crippen LogP contribution is 2.07. The SMILES string of the molecule is COC(=O)c1ccc(/C=N\NC(=O)COc2ccccc2)cc1. The minimum absolute atomic E-state index is 0.122. The van der Waals surface area contributed by atoms with Crippen LogP contribution in [-0.2, 0) is 9.53 Å². The fourth-order valence-electron chi connectivity index (χ4n) is 1.70.